The van der Waals surface area contributed by atoms with Crippen LogP contribution in [0.1, 0.15) is 26.2 Å². The number of methoxy groups -OCH3 is 1. The van der Waals surface area contributed by atoms with E-state index in [-0.39, 0.29) is 17.8 Å². The van der Waals surface area contributed by atoms with Crippen molar-refractivity contribution in [3.05, 3.63) is 0 Å². The summed E-state index contributed by atoms with van der Waals surface area (Å²) in [5.41, 5.74) is 0. The number of carbonyl (C=O) groups excluding carboxylic acids is 1. The van der Waals surface area contributed by atoms with Crippen molar-refractivity contribution in [2.75, 3.05) is 33.3 Å². The van der Waals surface area contributed by atoms with Crippen molar-refractivity contribution >= 4 is 16.2 Å². The molecule has 0 aromatic carbocycles. The second-order valence-electron chi connectivity index (χ2n) is 5.90. The molecule has 1 N–H and O–H groups in total. The molecule has 2 atom stereocenters. The molecule has 0 saturated carbocycles. The Bertz CT molecular complexity index is 473. The van der Waals surface area contributed by atoms with E-state index in [1.807, 2.05) is 6.92 Å². The summed E-state index contributed by atoms with van der Waals surface area (Å²) in [6.07, 6.45) is 1.04. The van der Waals surface area contributed by atoms with E-state index in [9.17, 15) is 18.3 Å². The molecule has 122 valence electrons. The third-order valence-corrected chi connectivity index (χ3v) is 6.47. The van der Waals surface area contributed by atoms with Gasteiger partial charge in [0, 0.05) is 26.2 Å². The molecule has 2 aliphatic rings. The Morgan fingerprint density at radius 3 is 2.24 bits per heavy atom. The topological polar surface area (TPSA) is 87.2 Å². The largest absolute Gasteiger partial charge is 0.469 e. The smallest absolute Gasteiger partial charge is 0.308 e. The minimum Gasteiger partial charge on any atom is -0.469 e. The maximum Gasteiger partial charge on any atom is 0.308 e. The molecule has 2 heterocycles. The van der Waals surface area contributed by atoms with Crippen molar-refractivity contribution in [3.63, 3.8) is 0 Å². The summed E-state index contributed by atoms with van der Waals surface area (Å²) >= 11 is 0. The number of esters is 1. The van der Waals surface area contributed by atoms with Gasteiger partial charge in [-0.05, 0) is 25.2 Å². The van der Waals surface area contributed by atoms with E-state index in [1.54, 1.807) is 0 Å². The van der Waals surface area contributed by atoms with E-state index in [1.165, 1.54) is 15.7 Å². The summed E-state index contributed by atoms with van der Waals surface area (Å²) in [7, 11) is -2.14. The zero-order valence-corrected chi connectivity index (χ0v) is 13.4. The quantitative estimate of drug-likeness (QED) is 0.729. The van der Waals surface area contributed by atoms with E-state index < -0.39 is 16.3 Å². The number of piperidine rings is 2. The number of aliphatic hydroxyl groups excluding tert-OH is 1. The van der Waals surface area contributed by atoms with Gasteiger partial charge in [0.25, 0.3) is 10.2 Å². The fourth-order valence-electron chi connectivity index (χ4n) is 2.96. The Hall–Kier alpha value is -0.700. The van der Waals surface area contributed by atoms with Crippen LogP contribution >= 0.6 is 0 Å². The van der Waals surface area contributed by atoms with Gasteiger partial charge in [-0.1, -0.05) is 6.92 Å². The molecule has 8 heteroatoms. The highest BCUT2D eigenvalue weighted by molar-refractivity contribution is 7.86. The van der Waals surface area contributed by atoms with E-state index >= 15 is 0 Å². The Balaban J connectivity index is 1.97. The van der Waals surface area contributed by atoms with Crippen LogP contribution in [-0.4, -0.2) is 67.5 Å². The molecule has 0 amide bonds. The second-order valence-corrected chi connectivity index (χ2v) is 7.82. The minimum absolute atomic E-state index is 0.0545. The van der Waals surface area contributed by atoms with Crippen LogP contribution < -0.4 is 0 Å². The van der Waals surface area contributed by atoms with Gasteiger partial charge in [0.15, 0.2) is 0 Å². The third kappa shape index (κ3) is 3.56. The average Bonchev–Trinajstić information content (AvgIpc) is 2.49. The van der Waals surface area contributed by atoms with Gasteiger partial charge in [0.2, 0.25) is 0 Å². The number of carbonyl (C=O) groups is 1. The molecule has 0 radical (unpaired) electrons. The molecule has 21 heavy (non-hydrogen) atoms. The predicted octanol–water partition coefficient (Wildman–Crippen LogP) is -0.181. The van der Waals surface area contributed by atoms with E-state index in [4.69, 9.17) is 4.74 Å². The maximum absolute atomic E-state index is 12.6. The van der Waals surface area contributed by atoms with Gasteiger partial charge in [0.05, 0.1) is 19.1 Å². The lowest BCUT2D eigenvalue weighted by molar-refractivity contribution is -0.146. The molecule has 2 saturated heterocycles. The lowest BCUT2D eigenvalue weighted by Crippen LogP contribution is -2.52. The molecule has 0 bridgehead atoms. The standard InChI is InChI=1S/C13H24N2O5S/c1-10-9-15(8-5-12(10)16)21(18,19)14-6-3-11(4-7-14)13(17)20-2/h10-12,16H,3-9H2,1-2H3. The van der Waals surface area contributed by atoms with Crippen molar-refractivity contribution in [1.82, 2.24) is 8.61 Å². The summed E-state index contributed by atoms with van der Waals surface area (Å²) in [6.45, 7) is 3.24. The molecule has 0 aromatic heterocycles. The predicted molar refractivity (Wildman–Crippen MR) is 76.6 cm³/mol. The monoisotopic (exact) mass is 320 g/mol. The van der Waals surface area contributed by atoms with Crippen molar-refractivity contribution in [2.24, 2.45) is 11.8 Å². The van der Waals surface area contributed by atoms with Crippen LogP contribution in [0.5, 0.6) is 0 Å². The molecule has 2 rings (SSSR count). The zero-order chi connectivity index (χ0) is 15.6. The number of hydrogen-bond donors (Lipinski definition) is 1. The number of nitrogens with zero attached hydrogens (tertiary/aromatic N) is 2. The normalized spacial score (nSPS) is 30.2. The second kappa shape index (κ2) is 6.60. The molecule has 2 fully saturated rings. The van der Waals surface area contributed by atoms with Gasteiger partial charge in [0.1, 0.15) is 0 Å². The van der Waals surface area contributed by atoms with Crippen molar-refractivity contribution < 1.29 is 23.1 Å². The first kappa shape index (κ1) is 16.7. The fraction of sp³-hybridized carbons (Fsp3) is 0.923. The summed E-state index contributed by atoms with van der Waals surface area (Å²) in [5, 5.41) is 9.71. The Morgan fingerprint density at radius 2 is 1.71 bits per heavy atom. The van der Waals surface area contributed by atoms with Crippen molar-refractivity contribution in [1.29, 1.82) is 0 Å². The van der Waals surface area contributed by atoms with E-state index in [0.717, 1.165) is 0 Å². The van der Waals surface area contributed by atoms with Crippen LogP contribution in [-0.2, 0) is 19.7 Å². The van der Waals surface area contributed by atoms with Gasteiger partial charge in [-0.3, -0.25) is 4.79 Å². The van der Waals surface area contributed by atoms with Crippen LogP contribution in [0.2, 0.25) is 0 Å². The molecule has 0 spiro atoms. The SMILES string of the molecule is COC(=O)C1CCN(S(=O)(=O)N2CCC(O)C(C)C2)CC1. The molecule has 0 aliphatic carbocycles. The van der Waals surface area contributed by atoms with Crippen LogP contribution in [0.15, 0.2) is 0 Å². The molecule has 0 aromatic rings. The zero-order valence-electron chi connectivity index (χ0n) is 12.6. The number of ether oxygens (including phenoxy) is 1. The first-order valence-electron chi connectivity index (χ1n) is 7.37. The molecule has 7 nitrogen and oxygen atoms in total. The van der Waals surface area contributed by atoms with Gasteiger partial charge in [-0.2, -0.15) is 17.0 Å². The van der Waals surface area contributed by atoms with Crippen LogP contribution in [0.4, 0.5) is 0 Å². The van der Waals surface area contributed by atoms with Gasteiger partial charge in [-0.25, -0.2) is 0 Å². The van der Waals surface area contributed by atoms with Crippen molar-refractivity contribution in [3.8, 4) is 0 Å². The van der Waals surface area contributed by atoms with Crippen LogP contribution in [0.25, 0.3) is 0 Å². The molecular weight excluding hydrogens is 296 g/mol. The Morgan fingerprint density at radius 1 is 1.14 bits per heavy atom. The Kier molecular flexibility index (Phi) is 5.24. The van der Waals surface area contributed by atoms with Crippen LogP contribution in [0, 0.1) is 11.8 Å². The van der Waals surface area contributed by atoms with E-state index in [0.29, 0.717) is 45.4 Å². The fourth-order valence-corrected chi connectivity index (χ4v) is 4.72. The van der Waals surface area contributed by atoms with Gasteiger partial charge in [-0.15, -0.1) is 0 Å². The average molecular weight is 320 g/mol. The van der Waals surface area contributed by atoms with Crippen LogP contribution in [0.3, 0.4) is 0 Å². The highest BCUT2D eigenvalue weighted by Crippen LogP contribution is 2.25. The highest BCUT2D eigenvalue weighted by atomic mass is 32.2. The summed E-state index contributed by atoms with van der Waals surface area (Å²) in [4.78, 5) is 11.5. The number of aliphatic hydroxyl groups is 1. The third-order valence-electron chi connectivity index (χ3n) is 4.46. The Labute approximate surface area is 126 Å². The summed E-state index contributed by atoms with van der Waals surface area (Å²) in [6, 6.07) is 0. The van der Waals surface area contributed by atoms with Crippen molar-refractivity contribution in [2.45, 2.75) is 32.3 Å². The highest BCUT2D eigenvalue weighted by Gasteiger charge is 2.38. The van der Waals surface area contributed by atoms with Gasteiger partial charge >= 0.3 is 5.97 Å². The molecule has 2 aliphatic heterocycles. The maximum atomic E-state index is 12.6. The first-order valence-corrected chi connectivity index (χ1v) is 8.77. The minimum atomic E-state index is -3.49. The number of hydrogen-bond acceptors (Lipinski definition) is 5. The molecular formula is C13H24N2O5S. The lowest BCUT2D eigenvalue weighted by Gasteiger charge is -2.38. The summed E-state index contributed by atoms with van der Waals surface area (Å²) < 4.78 is 32.8. The van der Waals surface area contributed by atoms with E-state index in [2.05, 4.69) is 0 Å². The molecule has 2 unspecified atom stereocenters. The lowest BCUT2D eigenvalue weighted by atomic mass is 9.98. The number of rotatable bonds is 3. The first-order chi connectivity index (χ1) is 9.86. The van der Waals surface area contributed by atoms with Gasteiger partial charge < -0.3 is 9.84 Å². The summed E-state index contributed by atoms with van der Waals surface area (Å²) in [5.74, 6) is -0.522.